The number of nitrogens with zero attached hydrogens (tertiary/aromatic N) is 3. The number of alkyl halides is 2. The third-order valence-corrected chi connectivity index (χ3v) is 5.07. The van der Waals surface area contributed by atoms with Crippen molar-refractivity contribution in [3.63, 3.8) is 0 Å². The van der Waals surface area contributed by atoms with E-state index in [1.807, 2.05) is 26.0 Å². The summed E-state index contributed by atoms with van der Waals surface area (Å²) in [4.78, 5) is 16.8. The molecule has 0 atom stereocenters. The Hall–Kier alpha value is -3.69. The number of benzene rings is 1. The molecule has 0 spiro atoms. The molecule has 1 saturated carbocycles. The van der Waals surface area contributed by atoms with Gasteiger partial charge in [0.1, 0.15) is 6.54 Å². The van der Waals surface area contributed by atoms with E-state index in [0.717, 1.165) is 35.5 Å². The zero-order valence-corrected chi connectivity index (χ0v) is 17.5. The quantitative estimate of drug-likeness (QED) is 0.603. The van der Waals surface area contributed by atoms with Gasteiger partial charge in [0.25, 0.3) is 0 Å². The number of carbonyl (C=O) groups excluding carboxylic acids is 1. The molecule has 0 bridgehead atoms. The Balaban J connectivity index is 1.44. The normalized spacial score (nSPS) is 16.1. The SMILES string of the molecule is Cc1cc(-c2cc(Nc3ccc4c(c3)OC(F)(F)O4)nn2CC(=O)NC2CC2)cc(C)n1. The first-order chi connectivity index (χ1) is 15.2. The van der Waals surface area contributed by atoms with Gasteiger partial charge in [0.05, 0.1) is 5.69 Å². The van der Waals surface area contributed by atoms with Crippen molar-refractivity contribution in [3.05, 3.63) is 47.8 Å². The van der Waals surface area contributed by atoms with Gasteiger partial charge in [-0.25, -0.2) is 0 Å². The molecule has 1 fully saturated rings. The van der Waals surface area contributed by atoms with Crippen LogP contribution in [0, 0.1) is 13.8 Å². The lowest BCUT2D eigenvalue weighted by molar-refractivity contribution is -0.286. The predicted octanol–water partition coefficient (Wildman–Crippen LogP) is 3.91. The molecule has 1 amide bonds. The fourth-order valence-electron chi connectivity index (χ4n) is 3.62. The van der Waals surface area contributed by atoms with Crippen LogP contribution in [0.4, 0.5) is 20.3 Å². The van der Waals surface area contributed by atoms with Crippen LogP contribution in [0.1, 0.15) is 24.2 Å². The van der Waals surface area contributed by atoms with E-state index in [1.54, 1.807) is 16.8 Å². The summed E-state index contributed by atoms with van der Waals surface area (Å²) in [6.07, 6.45) is -1.69. The highest BCUT2D eigenvalue weighted by molar-refractivity contribution is 5.78. The van der Waals surface area contributed by atoms with Gasteiger partial charge in [-0.3, -0.25) is 14.5 Å². The van der Waals surface area contributed by atoms with E-state index in [0.29, 0.717) is 11.5 Å². The molecule has 5 rings (SSSR count). The van der Waals surface area contributed by atoms with Crippen molar-refractivity contribution in [2.24, 2.45) is 0 Å². The van der Waals surface area contributed by atoms with Crippen molar-refractivity contribution in [2.75, 3.05) is 5.32 Å². The Bertz CT molecular complexity index is 1190. The van der Waals surface area contributed by atoms with Gasteiger partial charge >= 0.3 is 6.29 Å². The molecule has 1 aliphatic carbocycles. The topological polar surface area (TPSA) is 90.3 Å². The second kappa shape index (κ2) is 7.47. The van der Waals surface area contributed by atoms with Gasteiger partial charge in [-0.15, -0.1) is 8.78 Å². The molecule has 1 aliphatic heterocycles. The van der Waals surface area contributed by atoms with Gasteiger partial charge in [-0.2, -0.15) is 5.10 Å². The summed E-state index contributed by atoms with van der Waals surface area (Å²) < 4.78 is 37.2. The Labute approximate surface area is 182 Å². The third-order valence-electron chi connectivity index (χ3n) is 5.07. The van der Waals surface area contributed by atoms with E-state index in [2.05, 4.69) is 30.2 Å². The van der Waals surface area contributed by atoms with Gasteiger partial charge in [-0.1, -0.05) is 0 Å². The number of carbonyl (C=O) groups is 1. The number of nitrogens with one attached hydrogen (secondary N) is 2. The van der Waals surface area contributed by atoms with Crippen LogP contribution >= 0.6 is 0 Å². The number of ether oxygens (including phenoxy) is 2. The number of hydrogen-bond donors (Lipinski definition) is 2. The largest absolute Gasteiger partial charge is 0.586 e. The standard InChI is InChI=1S/C22H21F2N5O3/c1-12-7-14(8-13(2)25-12)17-10-20(28-29(17)11-21(30)27-15-3-4-15)26-16-5-6-18-19(9-16)32-22(23,24)31-18/h5-10,15H,3-4,11H2,1-2H3,(H,26,28)(H,27,30). The molecule has 0 radical (unpaired) electrons. The highest BCUT2D eigenvalue weighted by Crippen LogP contribution is 2.42. The molecule has 2 aromatic heterocycles. The van der Waals surface area contributed by atoms with E-state index in [4.69, 9.17) is 0 Å². The molecule has 166 valence electrons. The van der Waals surface area contributed by atoms with Gasteiger partial charge < -0.3 is 20.1 Å². The molecule has 10 heteroatoms. The van der Waals surface area contributed by atoms with Gasteiger partial charge in [0, 0.05) is 40.8 Å². The molecular weight excluding hydrogens is 420 g/mol. The minimum atomic E-state index is -3.68. The number of amides is 1. The summed E-state index contributed by atoms with van der Waals surface area (Å²) >= 11 is 0. The van der Waals surface area contributed by atoms with Crippen molar-refractivity contribution in [2.45, 2.75) is 45.6 Å². The first-order valence-electron chi connectivity index (χ1n) is 10.2. The minimum Gasteiger partial charge on any atom is -0.395 e. The van der Waals surface area contributed by atoms with Gasteiger partial charge in [-0.05, 0) is 51.0 Å². The molecular formula is C22H21F2N5O3. The molecule has 3 heterocycles. The van der Waals surface area contributed by atoms with Gasteiger partial charge in [0.15, 0.2) is 17.3 Å². The third kappa shape index (κ3) is 4.34. The maximum atomic E-state index is 13.3. The summed E-state index contributed by atoms with van der Waals surface area (Å²) in [5.74, 6) is 0.239. The lowest BCUT2D eigenvalue weighted by Crippen LogP contribution is -2.29. The average Bonchev–Trinajstić information content (AvgIpc) is 3.32. The van der Waals surface area contributed by atoms with E-state index in [9.17, 15) is 13.6 Å². The number of fused-ring (bicyclic) bond motifs is 1. The van der Waals surface area contributed by atoms with Crippen LogP contribution in [0.25, 0.3) is 11.3 Å². The zero-order chi connectivity index (χ0) is 22.5. The highest BCUT2D eigenvalue weighted by Gasteiger charge is 2.43. The monoisotopic (exact) mass is 441 g/mol. The van der Waals surface area contributed by atoms with Crippen molar-refractivity contribution in [1.82, 2.24) is 20.1 Å². The lowest BCUT2D eigenvalue weighted by atomic mass is 10.1. The summed E-state index contributed by atoms with van der Waals surface area (Å²) in [7, 11) is 0. The Morgan fingerprint density at radius 2 is 1.84 bits per heavy atom. The second-order valence-corrected chi connectivity index (χ2v) is 8.01. The maximum absolute atomic E-state index is 13.3. The van der Waals surface area contributed by atoms with Crippen molar-refractivity contribution in [3.8, 4) is 22.8 Å². The van der Waals surface area contributed by atoms with E-state index in [-0.39, 0.29) is 30.0 Å². The fourth-order valence-corrected chi connectivity index (χ4v) is 3.62. The molecule has 1 aromatic carbocycles. The number of pyridine rings is 1. The maximum Gasteiger partial charge on any atom is 0.586 e. The molecule has 8 nitrogen and oxygen atoms in total. The van der Waals surface area contributed by atoms with E-state index >= 15 is 0 Å². The van der Waals surface area contributed by atoms with Crippen LogP contribution in [-0.4, -0.2) is 33.0 Å². The number of rotatable bonds is 6. The summed E-state index contributed by atoms with van der Waals surface area (Å²) in [5.41, 5.74) is 3.80. The number of anilines is 2. The Kier molecular flexibility index (Phi) is 4.72. The van der Waals surface area contributed by atoms with Crippen molar-refractivity contribution in [1.29, 1.82) is 0 Å². The van der Waals surface area contributed by atoms with Gasteiger partial charge in [0.2, 0.25) is 5.91 Å². The molecule has 2 N–H and O–H groups in total. The number of aryl methyl sites for hydroxylation is 2. The summed E-state index contributed by atoms with van der Waals surface area (Å²) in [6.45, 7) is 3.86. The molecule has 32 heavy (non-hydrogen) atoms. The van der Waals surface area contributed by atoms with Crippen LogP contribution in [0.3, 0.4) is 0 Å². The highest BCUT2D eigenvalue weighted by atomic mass is 19.3. The summed E-state index contributed by atoms with van der Waals surface area (Å²) in [6, 6.07) is 10.3. The number of aromatic nitrogens is 3. The van der Waals surface area contributed by atoms with E-state index in [1.165, 1.54) is 12.1 Å². The Morgan fingerprint density at radius 3 is 2.56 bits per heavy atom. The van der Waals surface area contributed by atoms with E-state index < -0.39 is 6.29 Å². The first kappa shape index (κ1) is 20.2. The minimum absolute atomic E-state index is 0.0359. The second-order valence-electron chi connectivity index (χ2n) is 8.01. The zero-order valence-electron chi connectivity index (χ0n) is 17.5. The molecule has 2 aliphatic rings. The molecule has 0 saturated heterocycles. The average molecular weight is 441 g/mol. The van der Waals surface area contributed by atoms with Crippen LogP contribution < -0.4 is 20.1 Å². The predicted molar refractivity (Wildman–Crippen MR) is 112 cm³/mol. The lowest BCUT2D eigenvalue weighted by Gasteiger charge is -2.09. The number of hydrogen-bond acceptors (Lipinski definition) is 6. The fraction of sp³-hybridized carbons (Fsp3) is 0.318. The van der Waals surface area contributed by atoms with Crippen molar-refractivity contribution >= 4 is 17.4 Å². The van der Waals surface area contributed by atoms with Crippen LogP contribution in [-0.2, 0) is 11.3 Å². The van der Waals surface area contributed by atoms with Crippen LogP contribution in [0.2, 0.25) is 0 Å². The van der Waals surface area contributed by atoms with Crippen LogP contribution in [0.5, 0.6) is 11.5 Å². The summed E-state index contributed by atoms with van der Waals surface area (Å²) in [5, 5.41) is 10.6. The molecule has 3 aromatic rings. The van der Waals surface area contributed by atoms with Crippen molar-refractivity contribution < 1.29 is 23.0 Å². The van der Waals surface area contributed by atoms with Crippen LogP contribution in [0.15, 0.2) is 36.4 Å². The first-order valence-corrected chi connectivity index (χ1v) is 10.2. The molecule has 0 unspecified atom stereocenters. The Morgan fingerprint density at radius 1 is 1.12 bits per heavy atom. The number of halogens is 2. The smallest absolute Gasteiger partial charge is 0.395 e.